The fourth-order valence-corrected chi connectivity index (χ4v) is 7.15. The van der Waals surface area contributed by atoms with E-state index in [0.717, 1.165) is 30.0 Å². The predicted octanol–water partition coefficient (Wildman–Crippen LogP) is 3.71. The first-order chi connectivity index (χ1) is 17.8. The van der Waals surface area contributed by atoms with Gasteiger partial charge in [0.25, 0.3) is 0 Å². The monoisotopic (exact) mass is 525 g/mol. The molecule has 2 amide bonds. The molecule has 1 saturated heterocycles. The fourth-order valence-electron chi connectivity index (χ4n) is 6.23. The highest BCUT2D eigenvalue weighted by atomic mass is 32.2. The zero-order chi connectivity index (χ0) is 26.1. The number of hydrogen-bond donors (Lipinski definition) is 2. The second kappa shape index (κ2) is 11.1. The first-order valence-corrected chi connectivity index (χ1v) is 14.8. The summed E-state index contributed by atoms with van der Waals surface area (Å²) >= 11 is 1.42. The minimum atomic E-state index is -0.371. The number of fused-ring (bicyclic) bond motifs is 3. The van der Waals surface area contributed by atoms with Gasteiger partial charge in [0.05, 0.1) is 11.7 Å². The number of Topliss-reactive ketones (excluding diaryl/α,β-unsaturated/α-hetero) is 1. The highest BCUT2D eigenvalue weighted by Crippen LogP contribution is 2.41. The number of nitrogens with one attached hydrogen (secondary N) is 2. The summed E-state index contributed by atoms with van der Waals surface area (Å²) in [6.45, 7) is 6.86. The van der Waals surface area contributed by atoms with E-state index in [1.54, 1.807) is 0 Å². The zero-order valence-electron chi connectivity index (χ0n) is 22.1. The van der Waals surface area contributed by atoms with Gasteiger partial charge in [0.15, 0.2) is 17.2 Å². The van der Waals surface area contributed by atoms with Crippen molar-refractivity contribution in [2.24, 2.45) is 22.9 Å². The van der Waals surface area contributed by atoms with E-state index in [9.17, 15) is 14.4 Å². The Balaban J connectivity index is 1.32. The molecule has 0 bridgehead atoms. The van der Waals surface area contributed by atoms with Gasteiger partial charge in [-0.25, -0.2) is 0 Å². The lowest BCUT2D eigenvalue weighted by atomic mass is 9.75. The molecule has 1 aromatic rings. The SMILES string of the molecule is Cc1ccc(C(=O)CSC2=NNC3N(CC(C)C)C(=O)C4CCC(C(=O)NC5CCCC5)CC4N23)cc1. The second-order valence-electron chi connectivity index (χ2n) is 11.4. The average Bonchev–Trinajstić information content (AvgIpc) is 3.55. The number of amides is 2. The Morgan fingerprint density at radius 2 is 1.86 bits per heavy atom. The third-order valence-corrected chi connectivity index (χ3v) is 9.14. The van der Waals surface area contributed by atoms with E-state index in [1.807, 2.05) is 36.1 Å². The van der Waals surface area contributed by atoms with Crippen LogP contribution in [-0.2, 0) is 9.59 Å². The van der Waals surface area contributed by atoms with Crippen LogP contribution >= 0.6 is 11.8 Å². The molecule has 9 heteroatoms. The number of carbonyl (C=O) groups excluding carboxylic acids is 3. The highest BCUT2D eigenvalue weighted by molar-refractivity contribution is 8.14. The van der Waals surface area contributed by atoms with E-state index in [1.165, 1.54) is 24.6 Å². The molecule has 8 nitrogen and oxygen atoms in total. The molecule has 2 N–H and O–H groups in total. The van der Waals surface area contributed by atoms with Crippen molar-refractivity contribution >= 4 is 34.5 Å². The zero-order valence-corrected chi connectivity index (χ0v) is 22.9. The Labute approximate surface area is 224 Å². The molecule has 0 aromatic heterocycles. The molecule has 3 fully saturated rings. The van der Waals surface area contributed by atoms with Gasteiger partial charge in [0, 0.05) is 30.1 Å². The summed E-state index contributed by atoms with van der Waals surface area (Å²) in [6, 6.07) is 7.82. The summed E-state index contributed by atoms with van der Waals surface area (Å²) in [5.74, 6) is 0.659. The molecule has 200 valence electrons. The summed E-state index contributed by atoms with van der Waals surface area (Å²) in [5, 5.41) is 8.61. The van der Waals surface area contributed by atoms with Crippen LogP contribution in [0.1, 0.15) is 74.7 Å². The number of benzene rings is 1. The fraction of sp³-hybridized carbons (Fsp3) is 0.643. The molecule has 0 spiro atoms. The molecule has 2 aliphatic carbocycles. The van der Waals surface area contributed by atoms with Crippen LogP contribution in [0, 0.1) is 24.7 Å². The molecule has 2 heterocycles. The van der Waals surface area contributed by atoms with E-state index < -0.39 is 0 Å². The standard InChI is InChI=1S/C28H39N5O3S/c1-17(2)15-32-26(36)22-13-12-20(25(35)29-21-6-4-5-7-21)14-23(22)33-27(32)30-31-28(33)37-16-24(34)19-10-8-18(3)9-11-19/h8-11,17,20-23,27,30H,4-7,12-16H2,1-3H3,(H,29,35). The van der Waals surface area contributed by atoms with Gasteiger partial charge in [-0.3, -0.25) is 19.8 Å². The van der Waals surface area contributed by atoms with Crippen LogP contribution in [0.15, 0.2) is 29.4 Å². The van der Waals surface area contributed by atoms with Crippen molar-refractivity contribution in [1.29, 1.82) is 0 Å². The first-order valence-electron chi connectivity index (χ1n) is 13.8. The van der Waals surface area contributed by atoms with Crippen molar-refractivity contribution in [1.82, 2.24) is 20.5 Å². The van der Waals surface area contributed by atoms with E-state index >= 15 is 0 Å². The lowest BCUT2D eigenvalue weighted by Gasteiger charge is -2.51. The van der Waals surface area contributed by atoms with Crippen molar-refractivity contribution < 1.29 is 14.4 Å². The van der Waals surface area contributed by atoms with Gasteiger partial charge >= 0.3 is 0 Å². The molecule has 4 atom stereocenters. The summed E-state index contributed by atoms with van der Waals surface area (Å²) in [5.41, 5.74) is 5.00. The van der Waals surface area contributed by atoms with Crippen LogP contribution in [0.2, 0.25) is 0 Å². The number of nitrogens with zero attached hydrogens (tertiary/aromatic N) is 3. The van der Waals surface area contributed by atoms with Gasteiger partial charge in [0.2, 0.25) is 11.8 Å². The Hall–Kier alpha value is -2.55. The molecule has 4 aliphatic rings. The molecular formula is C28H39N5O3S. The lowest BCUT2D eigenvalue weighted by Crippen LogP contribution is -2.68. The second-order valence-corrected chi connectivity index (χ2v) is 12.4. The van der Waals surface area contributed by atoms with Crippen LogP contribution in [0.5, 0.6) is 0 Å². The quantitative estimate of drug-likeness (QED) is 0.527. The normalized spacial score (nSPS) is 27.6. The minimum Gasteiger partial charge on any atom is -0.353 e. The number of carbonyl (C=O) groups is 3. The maximum Gasteiger partial charge on any atom is 0.230 e. The lowest BCUT2D eigenvalue weighted by molar-refractivity contribution is -0.158. The average molecular weight is 526 g/mol. The molecule has 2 aliphatic heterocycles. The van der Waals surface area contributed by atoms with Crippen LogP contribution < -0.4 is 10.7 Å². The molecule has 5 rings (SSSR count). The molecular weight excluding hydrogens is 486 g/mol. The van der Waals surface area contributed by atoms with Crippen molar-refractivity contribution in [3.05, 3.63) is 35.4 Å². The Kier molecular flexibility index (Phi) is 7.79. The topological polar surface area (TPSA) is 94.1 Å². The minimum absolute atomic E-state index is 0.0530. The maximum absolute atomic E-state index is 13.6. The summed E-state index contributed by atoms with van der Waals surface area (Å²) in [6.07, 6.45) is 6.18. The van der Waals surface area contributed by atoms with Crippen LogP contribution in [-0.4, -0.2) is 63.2 Å². The predicted molar refractivity (Wildman–Crippen MR) is 146 cm³/mol. The van der Waals surface area contributed by atoms with E-state index in [2.05, 4.69) is 34.6 Å². The summed E-state index contributed by atoms with van der Waals surface area (Å²) in [7, 11) is 0. The van der Waals surface area contributed by atoms with Gasteiger partial charge in [-0.05, 0) is 44.9 Å². The molecule has 2 saturated carbocycles. The van der Waals surface area contributed by atoms with E-state index in [0.29, 0.717) is 36.9 Å². The van der Waals surface area contributed by atoms with E-state index in [-0.39, 0.29) is 47.5 Å². The van der Waals surface area contributed by atoms with Crippen LogP contribution in [0.25, 0.3) is 0 Å². The number of rotatable bonds is 7. The molecule has 0 radical (unpaired) electrons. The maximum atomic E-state index is 13.6. The molecule has 37 heavy (non-hydrogen) atoms. The van der Waals surface area contributed by atoms with Gasteiger partial charge in [0.1, 0.15) is 0 Å². The highest BCUT2D eigenvalue weighted by Gasteiger charge is 2.53. The third kappa shape index (κ3) is 5.52. The van der Waals surface area contributed by atoms with Gasteiger partial charge < -0.3 is 15.1 Å². The third-order valence-electron chi connectivity index (χ3n) is 8.17. The van der Waals surface area contributed by atoms with E-state index in [4.69, 9.17) is 0 Å². The van der Waals surface area contributed by atoms with Gasteiger partial charge in [-0.1, -0.05) is 68.3 Å². The number of thioether (sulfide) groups is 1. The van der Waals surface area contributed by atoms with Crippen LogP contribution in [0.4, 0.5) is 0 Å². The Morgan fingerprint density at radius 1 is 1.14 bits per heavy atom. The Morgan fingerprint density at radius 3 is 2.57 bits per heavy atom. The number of hydrogen-bond acceptors (Lipinski definition) is 7. The number of hydrazone groups is 1. The summed E-state index contributed by atoms with van der Waals surface area (Å²) < 4.78 is 0. The number of aryl methyl sites for hydroxylation is 1. The number of amidine groups is 1. The molecule has 1 aromatic carbocycles. The number of ketones is 1. The van der Waals surface area contributed by atoms with Crippen molar-refractivity contribution in [2.45, 2.75) is 84.1 Å². The Bertz CT molecular complexity index is 1050. The van der Waals surface area contributed by atoms with Crippen molar-refractivity contribution in [3.63, 3.8) is 0 Å². The van der Waals surface area contributed by atoms with Gasteiger partial charge in [-0.15, -0.1) is 0 Å². The largest absolute Gasteiger partial charge is 0.353 e. The van der Waals surface area contributed by atoms with Crippen LogP contribution in [0.3, 0.4) is 0 Å². The smallest absolute Gasteiger partial charge is 0.230 e. The van der Waals surface area contributed by atoms with Crippen molar-refractivity contribution in [3.8, 4) is 0 Å². The molecule has 4 unspecified atom stereocenters. The first kappa shape index (κ1) is 26.1. The van der Waals surface area contributed by atoms with Gasteiger partial charge in [-0.2, -0.15) is 5.10 Å². The summed E-state index contributed by atoms with van der Waals surface area (Å²) in [4.78, 5) is 43.8. The van der Waals surface area contributed by atoms with Crippen molar-refractivity contribution in [2.75, 3.05) is 12.3 Å².